The molecule has 1 unspecified atom stereocenters. The smallest absolute Gasteiger partial charge is 0.257 e. The fraction of sp³-hybridized carbons (Fsp3) is 0.435. The summed E-state index contributed by atoms with van der Waals surface area (Å²) < 4.78 is 61.3. The SMILES string of the molecule is COCCCOc1cnc(NC(=O)C(=CC2C[C@@H](F)[C@@H](F)C2)c2ccc(S(C)(=O)=O)cc2)cn1. The van der Waals surface area contributed by atoms with Crippen molar-refractivity contribution in [2.75, 3.05) is 31.9 Å². The predicted molar refractivity (Wildman–Crippen MR) is 123 cm³/mol. The van der Waals surface area contributed by atoms with Crippen molar-refractivity contribution in [2.24, 2.45) is 5.92 Å². The molecule has 0 bridgehead atoms. The Morgan fingerprint density at radius 1 is 1.12 bits per heavy atom. The van der Waals surface area contributed by atoms with Crippen LogP contribution in [0.3, 0.4) is 0 Å². The molecule has 0 aliphatic heterocycles. The zero-order chi connectivity index (χ0) is 24.7. The van der Waals surface area contributed by atoms with Crippen LogP contribution >= 0.6 is 0 Å². The number of carbonyl (C=O) groups is 1. The van der Waals surface area contributed by atoms with E-state index in [0.717, 1.165) is 6.26 Å². The van der Waals surface area contributed by atoms with E-state index in [-0.39, 0.29) is 35.0 Å². The monoisotopic (exact) mass is 495 g/mol. The summed E-state index contributed by atoms with van der Waals surface area (Å²) in [6, 6.07) is 5.73. The van der Waals surface area contributed by atoms with E-state index in [0.29, 0.717) is 25.2 Å². The first-order valence-corrected chi connectivity index (χ1v) is 12.6. The average Bonchev–Trinajstić information content (AvgIpc) is 3.12. The van der Waals surface area contributed by atoms with E-state index in [1.165, 1.54) is 42.7 Å². The second kappa shape index (κ2) is 11.5. The number of anilines is 1. The molecule has 184 valence electrons. The van der Waals surface area contributed by atoms with E-state index in [4.69, 9.17) is 9.47 Å². The molecule has 1 aromatic carbocycles. The minimum Gasteiger partial charge on any atom is -0.476 e. The number of ether oxygens (including phenoxy) is 2. The second-order valence-corrected chi connectivity index (χ2v) is 10.0. The highest BCUT2D eigenvalue weighted by Crippen LogP contribution is 2.34. The van der Waals surface area contributed by atoms with Crippen LogP contribution in [0.15, 0.2) is 47.6 Å². The maximum Gasteiger partial charge on any atom is 0.257 e. The second-order valence-electron chi connectivity index (χ2n) is 8.03. The van der Waals surface area contributed by atoms with Crippen molar-refractivity contribution < 1.29 is 31.5 Å². The molecule has 2 aromatic rings. The van der Waals surface area contributed by atoms with Crippen LogP contribution in [0.2, 0.25) is 0 Å². The molecule has 3 atom stereocenters. The lowest BCUT2D eigenvalue weighted by atomic mass is 9.98. The fourth-order valence-electron chi connectivity index (χ4n) is 3.55. The maximum atomic E-state index is 13.7. The summed E-state index contributed by atoms with van der Waals surface area (Å²) in [5, 5.41) is 2.62. The number of hydrogen-bond acceptors (Lipinski definition) is 7. The van der Waals surface area contributed by atoms with Crippen molar-refractivity contribution in [3.05, 3.63) is 48.3 Å². The van der Waals surface area contributed by atoms with Gasteiger partial charge in [0, 0.05) is 32.0 Å². The van der Waals surface area contributed by atoms with Crippen LogP contribution in [0.5, 0.6) is 5.88 Å². The van der Waals surface area contributed by atoms with Gasteiger partial charge in [0.25, 0.3) is 5.91 Å². The van der Waals surface area contributed by atoms with Crippen LogP contribution < -0.4 is 10.1 Å². The van der Waals surface area contributed by atoms with E-state index in [2.05, 4.69) is 15.3 Å². The molecule has 3 rings (SSSR count). The van der Waals surface area contributed by atoms with Crippen LogP contribution in [-0.4, -0.2) is 63.2 Å². The molecule has 1 N–H and O–H groups in total. The zero-order valence-electron chi connectivity index (χ0n) is 18.9. The third-order valence-electron chi connectivity index (χ3n) is 5.30. The average molecular weight is 496 g/mol. The van der Waals surface area contributed by atoms with Crippen molar-refractivity contribution in [3.63, 3.8) is 0 Å². The molecular formula is C23H27F2N3O5S. The molecule has 1 amide bonds. The Bertz CT molecular complexity index is 1100. The van der Waals surface area contributed by atoms with E-state index in [1.54, 1.807) is 7.11 Å². The standard InChI is InChI=1S/C23H27F2N3O5S/c1-32-8-3-9-33-22-14-26-21(13-27-22)28-23(29)18(10-15-11-19(24)20(25)12-15)16-4-6-17(7-5-16)34(2,30)31/h4-7,10,13-15,19-20H,3,8-9,11-12H2,1-2H3,(H,26,28,29)/t15?,19-,20+. The van der Waals surface area contributed by atoms with Crippen molar-refractivity contribution in [1.29, 1.82) is 0 Å². The highest BCUT2D eigenvalue weighted by Gasteiger charge is 2.34. The lowest BCUT2D eigenvalue weighted by molar-refractivity contribution is -0.111. The quantitative estimate of drug-likeness (QED) is 0.398. The lowest BCUT2D eigenvalue weighted by Crippen LogP contribution is -2.16. The van der Waals surface area contributed by atoms with Crippen LogP contribution in [0, 0.1) is 5.92 Å². The highest BCUT2D eigenvalue weighted by molar-refractivity contribution is 7.90. The Morgan fingerprint density at radius 2 is 1.79 bits per heavy atom. The molecule has 1 fully saturated rings. The Labute approximate surface area is 197 Å². The van der Waals surface area contributed by atoms with E-state index in [9.17, 15) is 22.0 Å². The molecule has 1 aromatic heterocycles. The molecular weight excluding hydrogens is 468 g/mol. The topological polar surface area (TPSA) is 107 Å². The van der Waals surface area contributed by atoms with Crippen LogP contribution in [0.1, 0.15) is 24.8 Å². The molecule has 0 spiro atoms. The summed E-state index contributed by atoms with van der Waals surface area (Å²) in [6.45, 7) is 0.951. The number of amides is 1. The number of nitrogens with zero attached hydrogens (tertiary/aromatic N) is 2. The summed E-state index contributed by atoms with van der Waals surface area (Å²) in [5.74, 6) is -0.594. The van der Waals surface area contributed by atoms with Crippen molar-refractivity contribution in [2.45, 2.75) is 36.5 Å². The highest BCUT2D eigenvalue weighted by atomic mass is 32.2. The number of halogens is 2. The fourth-order valence-corrected chi connectivity index (χ4v) is 4.18. The Hall–Kier alpha value is -2.92. The Kier molecular flexibility index (Phi) is 8.67. The number of hydrogen-bond donors (Lipinski definition) is 1. The first kappa shape index (κ1) is 25.7. The molecule has 34 heavy (non-hydrogen) atoms. The summed E-state index contributed by atoms with van der Waals surface area (Å²) in [5.41, 5.74) is 0.571. The van der Waals surface area contributed by atoms with Gasteiger partial charge in [-0.3, -0.25) is 4.79 Å². The summed E-state index contributed by atoms with van der Waals surface area (Å²) in [4.78, 5) is 21.4. The van der Waals surface area contributed by atoms with Gasteiger partial charge in [-0.25, -0.2) is 27.2 Å². The summed E-state index contributed by atoms with van der Waals surface area (Å²) >= 11 is 0. The van der Waals surface area contributed by atoms with Gasteiger partial charge >= 0.3 is 0 Å². The summed E-state index contributed by atoms with van der Waals surface area (Å²) in [6.07, 6.45) is 2.75. The van der Waals surface area contributed by atoms with Crippen LogP contribution in [0.25, 0.3) is 5.57 Å². The normalized spacial score (nSPS) is 20.8. The first-order chi connectivity index (χ1) is 16.2. The van der Waals surface area contributed by atoms with Gasteiger partial charge in [-0.15, -0.1) is 0 Å². The number of alkyl halides is 2. The molecule has 0 saturated heterocycles. The van der Waals surface area contributed by atoms with Gasteiger partial charge in [-0.1, -0.05) is 18.2 Å². The Morgan fingerprint density at radius 3 is 2.35 bits per heavy atom. The number of sulfone groups is 1. The molecule has 0 radical (unpaired) electrons. The van der Waals surface area contributed by atoms with Gasteiger partial charge in [0.1, 0.15) is 12.3 Å². The number of methoxy groups -OCH3 is 1. The number of carbonyl (C=O) groups excluding carboxylic acids is 1. The van der Waals surface area contributed by atoms with Gasteiger partial charge in [0.15, 0.2) is 15.7 Å². The molecule has 1 aliphatic rings. The predicted octanol–water partition coefficient (Wildman–Crippen LogP) is 3.40. The molecule has 1 aliphatic carbocycles. The third kappa shape index (κ3) is 7.04. The lowest BCUT2D eigenvalue weighted by Gasteiger charge is -2.12. The van der Waals surface area contributed by atoms with Crippen molar-refractivity contribution in [3.8, 4) is 5.88 Å². The maximum absolute atomic E-state index is 13.7. The van der Waals surface area contributed by atoms with Gasteiger partial charge in [-0.2, -0.15) is 0 Å². The van der Waals surface area contributed by atoms with Crippen LogP contribution in [0.4, 0.5) is 14.6 Å². The number of nitrogens with one attached hydrogen (secondary N) is 1. The minimum atomic E-state index is -3.42. The zero-order valence-corrected chi connectivity index (χ0v) is 19.7. The van der Waals surface area contributed by atoms with Crippen LogP contribution in [-0.2, 0) is 19.4 Å². The number of benzene rings is 1. The van der Waals surface area contributed by atoms with Crippen molar-refractivity contribution in [1.82, 2.24) is 9.97 Å². The molecule has 8 nitrogen and oxygen atoms in total. The third-order valence-corrected chi connectivity index (χ3v) is 6.43. The first-order valence-electron chi connectivity index (χ1n) is 10.7. The van der Waals surface area contributed by atoms with Gasteiger partial charge in [0.05, 0.1) is 23.9 Å². The van der Waals surface area contributed by atoms with E-state index in [1.807, 2.05) is 0 Å². The van der Waals surface area contributed by atoms with E-state index >= 15 is 0 Å². The van der Waals surface area contributed by atoms with E-state index < -0.39 is 34.0 Å². The summed E-state index contributed by atoms with van der Waals surface area (Å²) in [7, 11) is -1.83. The van der Waals surface area contributed by atoms with Gasteiger partial charge < -0.3 is 14.8 Å². The number of rotatable bonds is 10. The molecule has 11 heteroatoms. The minimum absolute atomic E-state index is 0.0335. The largest absolute Gasteiger partial charge is 0.476 e. The molecule has 1 saturated carbocycles. The number of allylic oxidation sites excluding steroid dienone is 1. The molecule has 1 heterocycles. The Balaban J connectivity index is 1.78. The van der Waals surface area contributed by atoms with Gasteiger partial charge in [0.2, 0.25) is 5.88 Å². The number of aromatic nitrogens is 2. The van der Waals surface area contributed by atoms with Gasteiger partial charge in [-0.05, 0) is 36.5 Å². The van der Waals surface area contributed by atoms with Crippen molar-refractivity contribution >= 4 is 27.1 Å².